The van der Waals surface area contributed by atoms with Crippen LogP contribution in [0.3, 0.4) is 0 Å². The first-order chi connectivity index (χ1) is 7.78. The summed E-state index contributed by atoms with van der Waals surface area (Å²) >= 11 is 0. The summed E-state index contributed by atoms with van der Waals surface area (Å²) < 4.78 is 0. The monoisotopic (exact) mass is 216 g/mol. The maximum atomic E-state index is 8.59. The lowest BCUT2D eigenvalue weighted by atomic mass is 10.0. The van der Waals surface area contributed by atoms with Crippen molar-refractivity contribution in [3.8, 4) is 6.07 Å². The predicted octanol–water partition coefficient (Wildman–Crippen LogP) is 2.34. The van der Waals surface area contributed by atoms with Gasteiger partial charge in [-0.05, 0) is 36.8 Å². The van der Waals surface area contributed by atoms with Crippen LogP contribution in [-0.2, 0) is 0 Å². The molecule has 1 N–H and O–H groups in total. The molecule has 0 aliphatic heterocycles. The third-order valence-corrected chi connectivity index (χ3v) is 3.16. The molecule has 16 heavy (non-hydrogen) atoms. The van der Waals surface area contributed by atoms with Crippen molar-refractivity contribution in [1.29, 1.82) is 5.26 Å². The van der Waals surface area contributed by atoms with Crippen molar-refractivity contribution in [2.24, 2.45) is 5.41 Å². The lowest BCUT2D eigenvalue weighted by Gasteiger charge is -2.14. The largest absolute Gasteiger partial charge is 0.368 e. The van der Waals surface area contributed by atoms with Crippen LogP contribution in [0.5, 0.6) is 0 Å². The van der Waals surface area contributed by atoms with Crippen LogP contribution in [0, 0.1) is 16.7 Å². The average molecular weight is 216 g/mol. The highest BCUT2D eigenvalue weighted by atomic mass is 15.2. The Bertz CT molecular complexity index is 386. The van der Waals surface area contributed by atoms with Crippen molar-refractivity contribution in [2.75, 3.05) is 11.9 Å². The molecule has 1 aromatic heterocycles. The average Bonchev–Trinajstić information content (AvgIpc) is 3.08. The van der Waals surface area contributed by atoms with Crippen molar-refractivity contribution in [2.45, 2.75) is 32.6 Å². The Hall–Kier alpha value is -1.63. The first-order valence-electron chi connectivity index (χ1n) is 5.76. The Morgan fingerprint density at radius 3 is 2.75 bits per heavy atom. The van der Waals surface area contributed by atoms with E-state index in [0.717, 1.165) is 12.4 Å². The topological polar surface area (TPSA) is 61.6 Å². The van der Waals surface area contributed by atoms with Crippen LogP contribution in [0.4, 0.5) is 5.82 Å². The molecule has 1 saturated carbocycles. The fourth-order valence-corrected chi connectivity index (χ4v) is 1.99. The molecule has 0 spiro atoms. The van der Waals surface area contributed by atoms with Gasteiger partial charge in [-0.2, -0.15) is 5.26 Å². The smallest absolute Gasteiger partial charge is 0.163 e. The zero-order valence-electron chi connectivity index (χ0n) is 9.53. The molecule has 2 rings (SSSR count). The van der Waals surface area contributed by atoms with Crippen molar-refractivity contribution < 1.29 is 0 Å². The Morgan fingerprint density at radius 2 is 2.25 bits per heavy atom. The summed E-state index contributed by atoms with van der Waals surface area (Å²) in [6.45, 7) is 3.20. The maximum Gasteiger partial charge on any atom is 0.163 e. The molecule has 0 radical (unpaired) electrons. The van der Waals surface area contributed by atoms with E-state index in [0.29, 0.717) is 11.1 Å². The molecule has 4 nitrogen and oxygen atoms in total. The highest BCUT2D eigenvalue weighted by Crippen LogP contribution is 2.49. The third kappa shape index (κ3) is 2.48. The van der Waals surface area contributed by atoms with Crippen LogP contribution in [0.15, 0.2) is 12.1 Å². The van der Waals surface area contributed by atoms with E-state index in [1.165, 1.54) is 25.7 Å². The number of rotatable bonds is 5. The molecule has 1 aliphatic carbocycles. The molecule has 1 aliphatic rings. The van der Waals surface area contributed by atoms with Gasteiger partial charge < -0.3 is 5.32 Å². The van der Waals surface area contributed by atoms with Crippen molar-refractivity contribution in [1.82, 2.24) is 10.2 Å². The van der Waals surface area contributed by atoms with E-state index in [1.807, 2.05) is 12.1 Å². The molecule has 0 saturated heterocycles. The zero-order chi connectivity index (χ0) is 11.4. The second kappa shape index (κ2) is 4.48. The molecular formula is C12H16N4. The Morgan fingerprint density at radius 1 is 1.44 bits per heavy atom. The van der Waals surface area contributed by atoms with Gasteiger partial charge >= 0.3 is 0 Å². The SMILES string of the molecule is CCCC1(CNc2ccc(C#N)nn2)CC1. The van der Waals surface area contributed by atoms with Crippen LogP contribution >= 0.6 is 0 Å². The third-order valence-electron chi connectivity index (χ3n) is 3.16. The summed E-state index contributed by atoms with van der Waals surface area (Å²) in [5.41, 5.74) is 0.866. The molecule has 0 bridgehead atoms. The van der Waals surface area contributed by atoms with Gasteiger partial charge in [-0.3, -0.25) is 0 Å². The van der Waals surface area contributed by atoms with E-state index in [1.54, 1.807) is 6.07 Å². The molecule has 1 aromatic rings. The summed E-state index contributed by atoms with van der Waals surface area (Å²) in [6, 6.07) is 5.46. The number of nitriles is 1. The van der Waals surface area contributed by atoms with Crippen LogP contribution in [0.25, 0.3) is 0 Å². The Kier molecular flexibility index (Phi) is 3.04. The number of hydrogen-bond acceptors (Lipinski definition) is 4. The van der Waals surface area contributed by atoms with Crippen LogP contribution < -0.4 is 5.32 Å². The van der Waals surface area contributed by atoms with Crippen LogP contribution in [0.1, 0.15) is 38.3 Å². The predicted molar refractivity (Wildman–Crippen MR) is 61.8 cm³/mol. The summed E-state index contributed by atoms with van der Waals surface area (Å²) in [5.74, 6) is 0.765. The maximum absolute atomic E-state index is 8.59. The number of aromatic nitrogens is 2. The van der Waals surface area contributed by atoms with Gasteiger partial charge in [0.05, 0.1) is 0 Å². The first-order valence-corrected chi connectivity index (χ1v) is 5.76. The quantitative estimate of drug-likeness (QED) is 0.820. The molecule has 0 atom stereocenters. The Balaban J connectivity index is 1.88. The minimum Gasteiger partial charge on any atom is -0.368 e. The summed E-state index contributed by atoms with van der Waals surface area (Å²) in [7, 11) is 0. The number of hydrogen-bond donors (Lipinski definition) is 1. The van der Waals surface area contributed by atoms with E-state index in [4.69, 9.17) is 5.26 Å². The van der Waals surface area contributed by atoms with Crippen molar-refractivity contribution in [3.63, 3.8) is 0 Å². The number of nitrogens with zero attached hydrogens (tertiary/aromatic N) is 3. The van der Waals surface area contributed by atoms with Gasteiger partial charge in [0.2, 0.25) is 0 Å². The van der Waals surface area contributed by atoms with Gasteiger partial charge in [-0.1, -0.05) is 13.3 Å². The highest BCUT2D eigenvalue weighted by Gasteiger charge is 2.41. The molecular weight excluding hydrogens is 200 g/mol. The van der Waals surface area contributed by atoms with Gasteiger partial charge in [0, 0.05) is 6.54 Å². The lowest BCUT2D eigenvalue weighted by Crippen LogP contribution is -2.16. The van der Waals surface area contributed by atoms with Gasteiger partial charge in [0.1, 0.15) is 11.9 Å². The molecule has 1 heterocycles. The molecule has 4 heteroatoms. The standard InChI is InChI=1S/C12H16N4/c1-2-5-12(6-7-12)9-14-11-4-3-10(8-13)15-16-11/h3-4H,2,5-7,9H2,1H3,(H,14,16). The van der Waals surface area contributed by atoms with E-state index in [9.17, 15) is 0 Å². The Labute approximate surface area is 95.7 Å². The van der Waals surface area contributed by atoms with Crippen molar-refractivity contribution >= 4 is 5.82 Å². The van der Waals surface area contributed by atoms with E-state index in [-0.39, 0.29) is 0 Å². The second-order valence-corrected chi connectivity index (χ2v) is 4.52. The summed E-state index contributed by atoms with van der Waals surface area (Å²) in [6.07, 6.45) is 5.15. The lowest BCUT2D eigenvalue weighted by molar-refractivity contribution is 0.485. The molecule has 0 aromatic carbocycles. The molecule has 84 valence electrons. The van der Waals surface area contributed by atoms with E-state index in [2.05, 4.69) is 22.4 Å². The van der Waals surface area contributed by atoms with Crippen LogP contribution in [0.2, 0.25) is 0 Å². The zero-order valence-corrected chi connectivity index (χ0v) is 9.53. The molecule has 1 fully saturated rings. The van der Waals surface area contributed by atoms with Gasteiger partial charge in [0.15, 0.2) is 5.69 Å². The second-order valence-electron chi connectivity index (χ2n) is 4.52. The fourth-order valence-electron chi connectivity index (χ4n) is 1.99. The highest BCUT2D eigenvalue weighted by molar-refractivity contribution is 5.35. The fraction of sp³-hybridized carbons (Fsp3) is 0.583. The normalized spacial score (nSPS) is 16.5. The minimum atomic E-state index is 0.361. The first kappa shape index (κ1) is 10.9. The van der Waals surface area contributed by atoms with Gasteiger partial charge in [0.25, 0.3) is 0 Å². The minimum absolute atomic E-state index is 0.361. The number of nitrogens with one attached hydrogen (secondary N) is 1. The van der Waals surface area contributed by atoms with Crippen LogP contribution in [-0.4, -0.2) is 16.7 Å². The summed E-state index contributed by atoms with van der Waals surface area (Å²) in [5, 5.41) is 19.6. The van der Waals surface area contributed by atoms with Crippen molar-refractivity contribution in [3.05, 3.63) is 17.8 Å². The van der Waals surface area contributed by atoms with Gasteiger partial charge in [-0.15, -0.1) is 10.2 Å². The summed E-state index contributed by atoms with van der Waals surface area (Å²) in [4.78, 5) is 0. The number of anilines is 1. The molecule has 0 amide bonds. The van der Waals surface area contributed by atoms with E-state index >= 15 is 0 Å². The van der Waals surface area contributed by atoms with E-state index < -0.39 is 0 Å². The van der Waals surface area contributed by atoms with Gasteiger partial charge in [-0.25, -0.2) is 0 Å². The molecule has 0 unspecified atom stereocenters.